The minimum atomic E-state index is 0. The highest BCUT2D eigenvalue weighted by Crippen LogP contribution is 2.12. The van der Waals surface area contributed by atoms with Gasteiger partial charge in [0.15, 0.2) is 5.96 Å². The molecule has 0 spiro atoms. The molecule has 0 saturated carbocycles. The summed E-state index contributed by atoms with van der Waals surface area (Å²) in [6.45, 7) is 5.21. The summed E-state index contributed by atoms with van der Waals surface area (Å²) >= 11 is 0. The second-order valence-corrected chi connectivity index (χ2v) is 5.26. The third-order valence-electron chi connectivity index (χ3n) is 3.38. The Bertz CT molecular complexity index is 415. The average Bonchev–Trinajstić information content (AvgIpc) is 2.46. The van der Waals surface area contributed by atoms with Gasteiger partial charge in [-0.3, -0.25) is 4.99 Å². The van der Waals surface area contributed by atoms with E-state index < -0.39 is 0 Å². The minimum Gasteiger partial charge on any atom is -0.378 e. The zero-order valence-electron chi connectivity index (χ0n) is 13.8. The number of nitrogens with one attached hydrogen (secondary N) is 2. The molecule has 0 saturated heterocycles. The molecule has 0 heterocycles. The summed E-state index contributed by atoms with van der Waals surface area (Å²) in [5, 5.41) is 6.71. The van der Waals surface area contributed by atoms with Gasteiger partial charge in [0.05, 0.1) is 0 Å². The SMILES string of the molecule is CCC(C)NC(=NC)NCCc1ccc(N(C)C)cc1.I. The van der Waals surface area contributed by atoms with E-state index in [9.17, 15) is 0 Å². The van der Waals surface area contributed by atoms with E-state index in [0.717, 1.165) is 25.3 Å². The first-order valence-corrected chi connectivity index (χ1v) is 7.30. The Morgan fingerprint density at radius 1 is 1.24 bits per heavy atom. The summed E-state index contributed by atoms with van der Waals surface area (Å²) in [5.74, 6) is 0.879. The van der Waals surface area contributed by atoms with E-state index in [2.05, 4.69) is 72.7 Å². The normalized spacial score (nSPS) is 12.3. The van der Waals surface area contributed by atoms with Gasteiger partial charge in [-0.05, 0) is 37.5 Å². The third-order valence-corrected chi connectivity index (χ3v) is 3.38. The van der Waals surface area contributed by atoms with E-state index >= 15 is 0 Å². The Morgan fingerprint density at radius 2 is 1.86 bits per heavy atom. The van der Waals surface area contributed by atoms with Crippen LogP contribution in [0.2, 0.25) is 0 Å². The zero-order chi connectivity index (χ0) is 15.0. The van der Waals surface area contributed by atoms with Gasteiger partial charge in [-0.15, -0.1) is 24.0 Å². The third kappa shape index (κ3) is 7.55. The summed E-state index contributed by atoms with van der Waals surface area (Å²) in [6.07, 6.45) is 2.08. The van der Waals surface area contributed by atoms with Gasteiger partial charge in [-0.2, -0.15) is 0 Å². The van der Waals surface area contributed by atoms with Crippen molar-refractivity contribution >= 4 is 35.6 Å². The van der Waals surface area contributed by atoms with Crippen LogP contribution in [0.1, 0.15) is 25.8 Å². The lowest BCUT2D eigenvalue weighted by atomic mass is 10.1. The fraction of sp³-hybridized carbons (Fsp3) is 0.562. The van der Waals surface area contributed by atoms with Crippen molar-refractivity contribution in [2.75, 3.05) is 32.6 Å². The van der Waals surface area contributed by atoms with Crippen LogP contribution in [0.5, 0.6) is 0 Å². The molecule has 21 heavy (non-hydrogen) atoms. The topological polar surface area (TPSA) is 39.7 Å². The van der Waals surface area contributed by atoms with E-state index in [0.29, 0.717) is 6.04 Å². The van der Waals surface area contributed by atoms with Crippen molar-refractivity contribution in [3.05, 3.63) is 29.8 Å². The van der Waals surface area contributed by atoms with Crippen LogP contribution >= 0.6 is 24.0 Å². The number of hydrogen-bond donors (Lipinski definition) is 2. The average molecular weight is 404 g/mol. The first-order valence-electron chi connectivity index (χ1n) is 7.30. The van der Waals surface area contributed by atoms with Crippen LogP contribution in [0.4, 0.5) is 5.69 Å². The Kier molecular flexibility index (Phi) is 10.2. The highest BCUT2D eigenvalue weighted by molar-refractivity contribution is 14.0. The van der Waals surface area contributed by atoms with E-state index in [1.54, 1.807) is 0 Å². The molecule has 0 amide bonds. The standard InChI is InChI=1S/C16H28N4.HI/c1-6-13(2)19-16(17-3)18-12-11-14-7-9-15(10-8-14)20(4)5;/h7-10,13H,6,11-12H2,1-5H3,(H2,17,18,19);1H. The monoisotopic (exact) mass is 404 g/mol. The van der Waals surface area contributed by atoms with Gasteiger partial charge in [-0.1, -0.05) is 19.1 Å². The van der Waals surface area contributed by atoms with Crippen LogP contribution in [0.3, 0.4) is 0 Å². The molecule has 1 rings (SSSR count). The molecule has 2 N–H and O–H groups in total. The Hall–Kier alpha value is -0.980. The molecule has 1 aromatic rings. The lowest BCUT2D eigenvalue weighted by Gasteiger charge is -2.16. The summed E-state index contributed by atoms with van der Waals surface area (Å²) in [5.41, 5.74) is 2.57. The summed E-state index contributed by atoms with van der Waals surface area (Å²) in [7, 11) is 5.92. The van der Waals surface area contributed by atoms with E-state index in [1.807, 2.05) is 7.05 Å². The molecule has 1 unspecified atom stereocenters. The fourth-order valence-corrected chi connectivity index (χ4v) is 1.82. The van der Waals surface area contributed by atoms with Crippen LogP contribution in [0.15, 0.2) is 29.3 Å². The number of hydrogen-bond acceptors (Lipinski definition) is 2. The van der Waals surface area contributed by atoms with Gasteiger partial charge in [0.25, 0.3) is 0 Å². The zero-order valence-corrected chi connectivity index (χ0v) is 16.1. The van der Waals surface area contributed by atoms with E-state index in [1.165, 1.54) is 11.3 Å². The van der Waals surface area contributed by atoms with Crippen LogP contribution in [-0.4, -0.2) is 39.7 Å². The fourth-order valence-electron chi connectivity index (χ4n) is 1.82. The second-order valence-electron chi connectivity index (χ2n) is 5.26. The van der Waals surface area contributed by atoms with Gasteiger partial charge in [0.1, 0.15) is 0 Å². The van der Waals surface area contributed by atoms with Crippen molar-refractivity contribution in [1.29, 1.82) is 0 Å². The number of aliphatic imine (C=N–C) groups is 1. The van der Waals surface area contributed by atoms with E-state index in [-0.39, 0.29) is 24.0 Å². The summed E-state index contributed by atoms with van der Waals surface area (Å²) < 4.78 is 0. The van der Waals surface area contributed by atoms with Crippen LogP contribution in [-0.2, 0) is 6.42 Å². The van der Waals surface area contributed by atoms with Crippen molar-refractivity contribution in [3.63, 3.8) is 0 Å². The Balaban J connectivity index is 0.00000400. The van der Waals surface area contributed by atoms with Gasteiger partial charge < -0.3 is 15.5 Å². The maximum atomic E-state index is 4.23. The molecule has 0 fully saturated rings. The van der Waals surface area contributed by atoms with Crippen molar-refractivity contribution in [2.24, 2.45) is 4.99 Å². The van der Waals surface area contributed by atoms with Crippen LogP contribution in [0.25, 0.3) is 0 Å². The molecule has 5 heteroatoms. The number of rotatable bonds is 6. The number of anilines is 1. The molecule has 120 valence electrons. The molecular weight excluding hydrogens is 375 g/mol. The number of guanidine groups is 1. The van der Waals surface area contributed by atoms with Gasteiger partial charge in [0, 0.05) is 39.4 Å². The molecule has 0 aliphatic heterocycles. The molecular formula is C16H29IN4. The number of halogens is 1. The Labute approximate surface area is 146 Å². The largest absolute Gasteiger partial charge is 0.378 e. The highest BCUT2D eigenvalue weighted by Gasteiger charge is 2.02. The first-order chi connectivity index (χ1) is 9.56. The predicted molar refractivity (Wildman–Crippen MR) is 104 cm³/mol. The predicted octanol–water partition coefficient (Wildman–Crippen LogP) is 2.88. The van der Waals surface area contributed by atoms with Gasteiger partial charge in [0.2, 0.25) is 0 Å². The second kappa shape index (κ2) is 10.7. The molecule has 0 aliphatic carbocycles. The van der Waals surface area contributed by atoms with Crippen molar-refractivity contribution in [3.8, 4) is 0 Å². The first kappa shape index (κ1) is 20.0. The molecule has 0 aliphatic rings. The minimum absolute atomic E-state index is 0. The lowest BCUT2D eigenvalue weighted by molar-refractivity contribution is 0.624. The quantitative estimate of drug-likeness (QED) is 0.435. The van der Waals surface area contributed by atoms with Crippen molar-refractivity contribution in [1.82, 2.24) is 10.6 Å². The molecule has 0 radical (unpaired) electrons. The van der Waals surface area contributed by atoms with Gasteiger partial charge in [-0.25, -0.2) is 0 Å². The smallest absolute Gasteiger partial charge is 0.191 e. The molecule has 1 atom stereocenters. The number of nitrogens with zero attached hydrogens (tertiary/aromatic N) is 2. The highest BCUT2D eigenvalue weighted by atomic mass is 127. The molecule has 0 aromatic heterocycles. The summed E-state index contributed by atoms with van der Waals surface area (Å²) in [4.78, 5) is 6.34. The molecule has 0 bridgehead atoms. The van der Waals surface area contributed by atoms with E-state index in [4.69, 9.17) is 0 Å². The van der Waals surface area contributed by atoms with Crippen LogP contribution < -0.4 is 15.5 Å². The van der Waals surface area contributed by atoms with Crippen molar-refractivity contribution < 1.29 is 0 Å². The Morgan fingerprint density at radius 3 is 2.33 bits per heavy atom. The van der Waals surface area contributed by atoms with Crippen molar-refractivity contribution in [2.45, 2.75) is 32.7 Å². The number of benzene rings is 1. The van der Waals surface area contributed by atoms with Crippen LogP contribution in [0, 0.1) is 0 Å². The van der Waals surface area contributed by atoms with Gasteiger partial charge >= 0.3 is 0 Å². The molecule has 4 nitrogen and oxygen atoms in total. The lowest BCUT2D eigenvalue weighted by Crippen LogP contribution is -2.42. The maximum Gasteiger partial charge on any atom is 0.191 e. The molecule has 1 aromatic carbocycles. The summed E-state index contributed by atoms with van der Waals surface area (Å²) in [6, 6.07) is 9.12. The maximum absolute atomic E-state index is 4.23.